The summed E-state index contributed by atoms with van der Waals surface area (Å²) in [6.45, 7) is -3.01. The van der Waals surface area contributed by atoms with Crippen molar-refractivity contribution in [3.05, 3.63) is 39.9 Å². The van der Waals surface area contributed by atoms with Gasteiger partial charge >= 0.3 is 12.2 Å². The molecule has 1 aromatic carbocycles. The largest absolute Gasteiger partial charge is 0.488 e. The zero-order valence-corrected chi connectivity index (χ0v) is 14.0. The number of fused-ring (bicyclic) bond motifs is 1. The molecular formula is C16H12F5N3O4. The number of benzene rings is 1. The number of hydrogen-bond acceptors (Lipinski definition) is 5. The van der Waals surface area contributed by atoms with Gasteiger partial charge in [-0.25, -0.2) is 13.3 Å². The highest BCUT2D eigenvalue weighted by atomic mass is 19.4. The topological polar surface area (TPSA) is 82.4 Å². The molecule has 150 valence electrons. The van der Waals surface area contributed by atoms with Crippen molar-refractivity contribution in [3.8, 4) is 17.4 Å². The molecule has 0 radical (unpaired) electrons. The van der Waals surface area contributed by atoms with Crippen molar-refractivity contribution in [1.82, 2.24) is 9.55 Å². The summed E-state index contributed by atoms with van der Waals surface area (Å²) in [6, 6.07) is 2.27. The van der Waals surface area contributed by atoms with Crippen molar-refractivity contribution in [2.24, 2.45) is 0 Å². The van der Waals surface area contributed by atoms with E-state index in [1.54, 1.807) is 0 Å². The molecule has 7 nitrogen and oxygen atoms in total. The first-order chi connectivity index (χ1) is 13.2. The molecular weight excluding hydrogens is 393 g/mol. The molecule has 2 heterocycles. The number of carbonyl (C=O) groups is 1. The van der Waals surface area contributed by atoms with Crippen molar-refractivity contribution in [3.63, 3.8) is 0 Å². The Morgan fingerprint density at radius 3 is 2.61 bits per heavy atom. The van der Waals surface area contributed by atoms with Crippen LogP contribution in [0.1, 0.15) is 5.56 Å². The zero-order valence-electron chi connectivity index (χ0n) is 14.0. The Labute approximate surface area is 153 Å². The van der Waals surface area contributed by atoms with Gasteiger partial charge in [0.25, 0.3) is 5.56 Å². The van der Waals surface area contributed by atoms with Gasteiger partial charge in [0.2, 0.25) is 5.91 Å². The maximum atomic E-state index is 14.2. The molecule has 0 unspecified atom stereocenters. The van der Waals surface area contributed by atoms with Gasteiger partial charge in [-0.1, -0.05) is 0 Å². The lowest BCUT2D eigenvalue weighted by molar-refractivity contribution is -0.155. The van der Waals surface area contributed by atoms with E-state index in [4.69, 9.17) is 4.74 Å². The molecule has 1 aliphatic heterocycles. The van der Waals surface area contributed by atoms with Gasteiger partial charge in [0.15, 0.2) is 18.2 Å². The van der Waals surface area contributed by atoms with Crippen LogP contribution in [-0.4, -0.2) is 41.5 Å². The molecule has 1 aromatic heterocycles. The Balaban J connectivity index is 2.08. The van der Waals surface area contributed by atoms with Gasteiger partial charge in [0, 0.05) is 6.07 Å². The number of anilines is 1. The lowest BCUT2D eigenvalue weighted by atomic mass is 10.2. The average Bonchev–Trinajstić information content (AvgIpc) is 2.99. The highest BCUT2D eigenvalue weighted by molar-refractivity contribution is 5.97. The summed E-state index contributed by atoms with van der Waals surface area (Å²) < 4.78 is 74.0. The first-order valence-electron chi connectivity index (χ1n) is 7.83. The van der Waals surface area contributed by atoms with E-state index in [1.807, 2.05) is 0 Å². The zero-order chi connectivity index (χ0) is 20.5. The highest BCUT2D eigenvalue weighted by Gasteiger charge is 2.32. The van der Waals surface area contributed by atoms with Crippen LogP contribution < -0.4 is 20.3 Å². The van der Waals surface area contributed by atoms with Crippen LogP contribution in [-0.2, 0) is 11.2 Å². The van der Waals surface area contributed by atoms with Gasteiger partial charge in [-0.2, -0.15) is 18.2 Å². The summed E-state index contributed by atoms with van der Waals surface area (Å²) in [6.07, 6.45) is -5.05. The smallest absolute Gasteiger partial charge is 0.422 e. The van der Waals surface area contributed by atoms with Crippen molar-refractivity contribution >= 4 is 11.7 Å². The van der Waals surface area contributed by atoms with Crippen LogP contribution in [0.25, 0.3) is 5.69 Å². The van der Waals surface area contributed by atoms with Crippen molar-refractivity contribution < 1.29 is 36.2 Å². The van der Waals surface area contributed by atoms with Crippen LogP contribution in [0.2, 0.25) is 0 Å². The molecule has 3 rings (SSSR count). The summed E-state index contributed by atoms with van der Waals surface area (Å²) in [7, 11) is 0. The molecule has 0 saturated heterocycles. The van der Waals surface area contributed by atoms with Crippen molar-refractivity contribution in [2.75, 3.05) is 25.2 Å². The summed E-state index contributed by atoms with van der Waals surface area (Å²) in [5.41, 5.74) is -1.19. The monoisotopic (exact) mass is 405 g/mol. The number of halogens is 5. The molecule has 1 N–H and O–H groups in total. The van der Waals surface area contributed by atoms with E-state index in [0.717, 1.165) is 18.2 Å². The number of hydrogen-bond donors (Lipinski definition) is 1. The predicted molar refractivity (Wildman–Crippen MR) is 85.1 cm³/mol. The number of ether oxygens (including phenoxy) is 2. The number of carbonyl (C=O) groups excluding carboxylic acids is 1. The minimum Gasteiger partial charge on any atom is -0.488 e. The summed E-state index contributed by atoms with van der Waals surface area (Å²) in [5, 5.41) is 2.24. The minimum absolute atomic E-state index is 0.0949. The number of amides is 1. The van der Waals surface area contributed by atoms with Gasteiger partial charge in [-0.15, -0.1) is 0 Å². The fourth-order valence-corrected chi connectivity index (χ4v) is 2.50. The molecule has 0 bridgehead atoms. The van der Waals surface area contributed by atoms with E-state index >= 15 is 0 Å². The minimum atomic E-state index is -4.72. The van der Waals surface area contributed by atoms with Crippen molar-refractivity contribution in [1.29, 1.82) is 0 Å². The van der Waals surface area contributed by atoms with E-state index in [2.05, 4.69) is 15.0 Å². The summed E-state index contributed by atoms with van der Waals surface area (Å²) in [4.78, 5) is 27.9. The molecule has 28 heavy (non-hydrogen) atoms. The SMILES string of the molecule is O=C1Cc2c(nc(OCC(F)(F)F)n(-c3ccc(OCCF)c(F)c3)c2=O)N1. The Kier molecular flexibility index (Phi) is 5.21. The number of rotatable bonds is 6. The molecule has 1 amide bonds. The van der Waals surface area contributed by atoms with Gasteiger partial charge < -0.3 is 14.8 Å². The fourth-order valence-electron chi connectivity index (χ4n) is 2.50. The number of alkyl halides is 4. The second-order valence-electron chi connectivity index (χ2n) is 5.64. The van der Waals surface area contributed by atoms with Crippen LogP contribution in [0, 0.1) is 5.82 Å². The Morgan fingerprint density at radius 1 is 1.21 bits per heavy atom. The van der Waals surface area contributed by atoms with Gasteiger partial charge in [-0.05, 0) is 12.1 Å². The van der Waals surface area contributed by atoms with Crippen LogP contribution in [0.5, 0.6) is 11.8 Å². The van der Waals surface area contributed by atoms with E-state index in [0.29, 0.717) is 4.57 Å². The summed E-state index contributed by atoms with van der Waals surface area (Å²) >= 11 is 0. The Hall–Kier alpha value is -3.18. The van der Waals surface area contributed by atoms with Crippen LogP contribution >= 0.6 is 0 Å². The average molecular weight is 405 g/mol. The molecule has 1 aliphatic rings. The second kappa shape index (κ2) is 7.44. The van der Waals surface area contributed by atoms with Crippen LogP contribution in [0.4, 0.5) is 27.8 Å². The molecule has 2 aromatic rings. The third-order valence-corrected chi connectivity index (χ3v) is 3.61. The van der Waals surface area contributed by atoms with Crippen LogP contribution in [0.3, 0.4) is 0 Å². The molecule has 0 fully saturated rings. The molecule has 0 saturated carbocycles. The third kappa shape index (κ3) is 4.05. The third-order valence-electron chi connectivity index (χ3n) is 3.61. The number of nitrogens with one attached hydrogen (secondary N) is 1. The standard InChI is InChI=1S/C16H12F5N3O4/c17-3-4-27-11-2-1-8(5-10(11)18)24-14(26)9-6-12(25)22-13(9)23-15(24)28-7-16(19,20)21/h1-2,5H,3-4,6-7H2,(H,22,25). The molecule has 0 spiro atoms. The maximum absolute atomic E-state index is 14.2. The normalized spacial score (nSPS) is 13.2. The van der Waals surface area contributed by atoms with E-state index in [9.17, 15) is 31.5 Å². The molecule has 0 aliphatic carbocycles. The van der Waals surface area contributed by atoms with Gasteiger partial charge in [0.1, 0.15) is 19.1 Å². The van der Waals surface area contributed by atoms with E-state index in [1.165, 1.54) is 0 Å². The first kappa shape index (κ1) is 19.6. The van der Waals surface area contributed by atoms with Crippen molar-refractivity contribution in [2.45, 2.75) is 12.6 Å². The Morgan fingerprint density at radius 2 is 1.96 bits per heavy atom. The fraction of sp³-hybridized carbons (Fsp3) is 0.312. The quantitative estimate of drug-likeness (QED) is 0.745. The van der Waals surface area contributed by atoms with Gasteiger partial charge in [0.05, 0.1) is 17.7 Å². The van der Waals surface area contributed by atoms with Gasteiger partial charge in [-0.3, -0.25) is 9.59 Å². The second-order valence-corrected chi connectivity index (χ2v) is 5.64. The maximum Gasteiger partial charge on any atom is 0.422 e. The number of nitrogens with zero attached hydrogens (tertiary/aromatic N) is 2. The molecule has 12 heteroatoms. The Bertz CT molecular complexity index is 974. The van der Waals surface area contributed by atoms with E-state index in [-0.39, 0.29) is 29.2 Å². The lowest BCUT2D eigenvalue weighted by Gasteiger charge is -2.16. The van der Waals surface area contributed by atoms with Crippen LogP contribution in [0.15, 0.2) is 23.0 Å². The van der Waals surface area contributed by atoms with E-state index < -0.39 is 49.4 Å². The first-order valence-corrected chi connectivity index (χ1v) is 7.83. The summed E-state index contributed by atoms with van der Waals surface area (Å²) in [5.74, 6) is -2.07. The molecule has 0 atom stereocenters. The number of aromatic nitrogens is 2. The highest BCUT2D eigenvalue weighted by Crippen LogP contribution is 2.27. The predicted octanol–water partition coefficient (Wildman–Crippen LogP) is 2.16. The lowest BCUT2D eigenvalue weighted by Crippen LogP contribution is -2.28.